The van der Waals surface area contributed by atoms with Gasteiger partial charge in [-0.1, -0.05) is 0 Å². The van der Waals surface area contributed by atoms with Gasteiger partial charge in [0.2, 0.25) is 0 Å². The Morgan fingerprint density at radius 1 is 1.64 bits per heavy atom. The normalized spacial score (nSPS) is 10.4. The minimum atomic E-state index is -0.960. The van der Waals surface area contributed by atoms with Crippen molar-refractivity contribution in [3.05, 3.63) is 29.0 Å². The zero-order valence-corrected chi connectivity index (χ0v) is 8.17. The van der Waals surface area contributed by atoms with Crippen LogP contribution in [0.25, 0.3) is 10.8 Å². The molecule has 0 fully saturated rings. The summed E-state index contributed by atoms with van der Waals surface area (Å²) in [4.78, 5) is 14.8. The van der Waals surface area contributed by atoms with Gasteiger partial charge in [0.1, 0.15) is 4.88 Å². The number of carboxylic acids is 1. The molecule has 2 heterocycles. The fourth-order valence-corrected chi connectivity index (χ4v) is 1.88. The van der Waals surface area contributed by atoms with E-state index in [2.05, 4.69) is 4.98 Å². The molecule has 14 heavy (non-hydrogen) atoms. The summed E-state index contributed by atoms with van der Waals surface area (Å²) < 4.78 is 5.20. The van der Waals surface area contributed by atoms with Gasteiger partial charge in [0.05, 0.1) is 12.5 Å². The van der Waals surface area contributed by atoms with Gasteiger partial charge >= 0.3 is 5.97 Å². The van der Waals surface area contributed by atoms with E-state index in [0.717, 1.165) is 16.9 Å². The molecule has 0 atom stereocenters. The average molecular weight is 209 g/mol. The Bertz CT molecular complexity index is 472. The Labute approximate surface area is 83.8 Å². The zero-order valence-electron chi connectivity index (χ0n) is 7.35. The van der Waals surface area contributed by atoms with Crippen molar-refractivity contribution in [1.82, 2.24) is 4.98 Å². The van der Waals surface area contributed by atoms with Gasteiger partial charge in [0.25, 0.3) is 0 Å². The number of carboxylic acid groups (broad SMARTS) is 1. The summed E-state index contributed by atoms with van der Waals surface area (Å²) in [5.74, 6) is -0.319. The average Bonchev–Trinajstić information content (AvgIpc) is 2.71. The van der Waals surface area contributed by atoms with Crippen molar-refractivity contribution < 1.29 is 14.3 Å². The molecule has 0 aliphatic carbocycles. The molecule has 0 saturated heterocycles. The van der Waals surface area contributed by atoms with Crippen LogP contribution in [0, 0.1) is 6.92 Å². The van der Waals surface area contributed by atoms with Crippen LogP contribution in [-0.4, -0.2) is 16.1 Å². The number of hydrogen-bond donors (Lipinski definition) is 1. The molecule has 0 bridgehead atoms. The Morgan fingerprint density at radius 2 is 2.43 bits per heavy atom. The Balaban J connectivity index is 2.43. The molecular weight excluding hydrogens is 202 g/mol. The van der Waals surface area contributed by atoms with Gasteiger partial charge < -0.3 is 9.52 Å². The van der Waals surface area contributed by atoms with Crippen LogP contribution in [0.4, 0.5) is 0 Å². The van der Waals surface area contributed by atoms with E-state index in [4.69, 9.17) is 9.52 Å². The number of nitrogens with zero attached hydrogens (tertiary/aromatic N) is 1. The molecule has 0 saturated carbocycles. The maximum atomic E-state index is 10.6. The second kappa shape index (κ2) is 3.26. The third kappa shape index (κ3) is 1.42. The van der Waals surface area contributed by atoms with E-state index < -0.39 is 5.97 Å². The molecular formula is C9H7NO3S. The van der Waals surface area contributed by atoms with E-state index in [0.29, 0.717) is 10.8 Å². The largest absolute Gasteiger partial charge is 0.477 e. The maximum absolute atomic E-state index is 10.6. The van der Waals surface area contributed by atoms with Crippen LogP contribution in [0.3, 0.4) is 0 Å². The highest BCUT2D eigenvalue weighted by molar-refractivity contribution is 7.16. The van der Waals surface area contributed by atoms with Gasteiger partial charge in [-0.3, -0.25) is 0 Å². The number of thiazole rings is 1. The zero-order chi connectivity index (χ0) is 10.1. The lowest BCUT2D eigenvalue weighted by molar-refractivity contribution is 0.0702. The predicted molar refractivity (Wildman–Crippen MR) is 51.5 cm³/mol. The second-order valence-electron chi connectivity index (χ2n) is 2.77. The van der Waals surface area contributed by atoms with Gasteiger partial charge in [-0.2, -0.15) is 0 Å². The summed E-state index contributed by atoms with van der Waals surface area (Å²) in [6.07, 6.45) is 2.90. The summed E-state index contributed by atoms with van der Waals surface area (Å²) in [7, 11) is 0. The van der Waals surface area contributed by atoms with Gasteiger partial charge in [0.15, 0.2) is 10.8 Å². The van der Waals surface area contributed by atoms with E-state index >= 15 is 0 Å². The summed E-state index contributed by atoms with van der Waals surface area (Å²) in [5.41, 5.74) is 0.955. The number of aryl methyl sites for hydroxylation is 1. The van der Waals surface area contributed by atoms with Crippen molar-refractivity contribution in [2.45, 2.75) is 6.92 Å². The van der Waals surface area contributed by atoms with Gasteiger partial charge in [0, 0.05) is 0 Å². The van der Waals surface area contributed by atoms with E-state index in [-0.39, 0.29) is 4.88 Å². The fourth-order valence-electron chi connectivity index (χ4n) is 1.07. The SMILES string of the molecule is Cc1ccoc1-c1ncc(C(=O)O)s1. The molecule has 2 rings (SSSR count). The summed E-state index contributed by atoms with van der Waals surface area (Å²) in [6.45, 7) is 1.89. The van der Waals surface area contributed by atoms with Crippen molar-refractivity contribution in [1.29, 1.82) is 0 Å². The van der Waals surface area contributed by atoms with Crippen LogP contribution in [0.5, 0.6) is 0 Å². The van der Waals surface area contributed by atoms with E-state index in [1.165, 1.54) is 6.20 Å². The summed E-state index contributed by atoms with van der Waals surface area (Å²) in [5, 5.41) is 9.31. The van der Waals surface area contributed by atoms with Crippen LogP contribution < -0.4 is 0 Å². The molecule has 0 aromatic carbocycles. The number of hydrogen-bond acceptors (Lipinski definition) is 4. The fraction of sp³-hybridized carbons (Fsp3) is 0.111. The van der Waals surface area contributed by atoms with Crippen molar-refractivity contribution >= 4 is 17.3 Å². The van der Waals surface area contributed by atoms with Crippen LogP contribution in [0.15, 0.2) is 22.9 Å². The van der Waals surface area contributed by atoms with Crippen LogP contribution >= 0.6 is 11.3 Å². The maximum Gasteiger partial charge on any atom is 0.347 e. The first-order valence-electron chi connectivity index (χ1n) is 3.92. The number of carbonyl (C=O) groups is 1. The lowest BCUT2D eigenvalue weighted by Crippen LogP contribution is -1.89. The van der Waals surface area contributed by atoms with Crippen LogP contribution in [0.1, 0.15) is 15.2 Å². The van der Waals surface area contributed by atoms with Crippen molar-refractivity contribution in [2.24, 2.45) is 0 Å². The van der Waals surface area contributed by atoms with E-state index in [1.807, 2.05) is 13.0 Å². The first kappa shape index (κ1) is 8.96. The van der Waals surface area contributed by atoms with E-state index in [9.17, 15) is 4.79 Å². The monoisotopic (exact) mass is 209 g/mol. The van der Waals surface area contributed by atoms with E-state index in [1.54, 1.807) is 6.26 Å². The molecule has 72 valence electrons. The van der Waals surface area contributed by atoms with Crippen molar-refractivity contribution in [3.63, 3.8) is 0 Å². The van der Waals surface area contributed by atoms with Crippen LogP contribution in [-0.2, 0) is 0 Å². The summed E-state index contributed by atoms with van der Waals surface area (Å²) >= 11 is 1.11. The number of rotatable bonds is 2. The van der Waals surface area contributed by atoms with Crippen LogP contribution in [0.2, 0.25) is 0 Å². The van der Waals surface area contributed by atoms with Gasteiger partial charge in [-0.05, 0) is 18.6 Å². The second-order valence-corrected chi connectivity index (χ2v) is 3.80. The number of aromatic carboxylic acids is 1. The summed E-state index contributed by atoms with van der Waals surface area (Å²) in [6, 6.07) is 1.82. The Kier molecular flexibility index (Phi) is 2.09. The quantitative estimate of drug-likeness (QED) is 0.824. The molecule has 2 aromatic rings. The van der Waals surface area contributed by atoms with Crippen molar-refractivity contribution in [2.75, 3.05) is 0 Å². The minimum absolute atomic E-state index is 0.218. The lowest BCUT2D eigenvalue weighted by atomic mass is 10.3. The standard InChI is InChI=1S/C9H7NO3S/c1-5-2-3-13-7(5)8-10-4-6(14-8)9(11)12/h2-4H,1H3,(H,11,12). The first-order chi connectivity index (χ1) is 6.68. The minimum Gasteiger partial charge on any atom is -0.477 e. The molecule has 1 N–H and O–H groups in total. The molecule has 0 radical (unpaired) electrons. The third-order valence-corrected chi connectivity index (χ3v) is 2.76. The molecule has 4 nitrogen and oxygen atoms in total. The highest BCUT2D eigenvalue weighted by Gasteiger charge is 2.13. The molecule has 5 heteroatoms. The highest BCUT2D eigenvalue weighted by atomic mass is 32.1. The molecule has 0 unspecified atom stereocenters. The Hall–Kier alpha value is -1.62. The number of aromatic nitrogens is 1. The molecule has 0 aliphatic rings. The molecule has 0 spiro atoms. The molecule has 0 amide bonds. The third-order valence-electron chi connectivity index (χ3n) is 1.77. The number of furan rings is 1. The van der Waals surface area contributed by atoms with Gasteiger partial charge in [-0.15, -0.1) is 11.3 Å². The lowest BCUT2D eigenvalue weighted by Gasteiger charge is -1.89. The smallest absolute Gasteiger partial charge is 0.347 e. The van der Waals surface area contributed by atoms with Gasteiger partial charge in [-0.25, -0.2) is 9.78 Å². The Morgan fingerprint density at radius 3 is 2.93 bits per heavy atom. The molecule has 0 aliphatic heterocycles. The van der Waals surface area contributed by atoms with Crippen molar-refractivity contribution in [3.8, 4) is 10.8 Å². The predicted octanol–water partition coefficient (Wildman–Crippen LogP) is 2.41. The molecule has 2 aromatic heterocycles. The highest BCUT2D eigenvalue weighted by Crippen LogP contribution is 2.28. The first-order valence-corrected chi connectivity index (χ1v) is 4.73. The topological polar surface area (TPSA) is 63.3 Å².